The van der Waals surface area contributed by atoms with E-state index in [-0.39, 0.29) is 19.6 Å². The molecule has 0 radical (unpaired) electrons. The van der Waals surface area contributed by atoms with Crippen molar-refractivity contribution in [1.29, 1.82) is 0 Å². The van der Waals surface area contributed by atoms with Crippen LogP contribution in [0.15, 0.2) is 0 Å². The van der Waals surface area contributed by atoms with Crippen molar-refractivity contribution in [3.8, 4) is 11.8 Å². The molecule has 0 heterocycles. The van der Waals surface area contributed by atoms with Crippen molar-refractivity contribution in [3.63, 3.8) is 0 Å². The second kappa shape index (κ2) is 6.90. The van der Waals surface area contributed by atoms with Crippen LogP contribution in [0.25, 0.3) is 0 Å². The zero-order chi connectivity index (χ0) is 9.36. The summed E-state index contributed by atoms with van der Waals surface area (Å²) in [7, 11) is 0. The van der Waals surface area contributed by atoms with Gasteiger partial charge in [-0.3, -0.25) is 0 Å². The molecule has 74 valence electrons. The molecule has 0 spiro atoms. The van der Waals surface area contributed by atoms with Crippen LogP contribution < -0.4 is 5.73 Å². The molecule has 0 aromatic carbocycles. The number of hydrogen-bond acceptors (Lipinski definition) is 3. The van der Waals surface area contributed by atoms with Crippen molar-refractivity contribution in [3.05, 3.63) is 0 Å². The van der Waals surface area contributed by atoms with Gasteiger partial charge in [0.1, 0.15) is 12.9 Å². The monoisotopic (exact) mass is 183 g/mol. The minimum atomic E-state index is 0.0480. The second-order valence-electron chi connectivity index (χ2n) is 3.06. The molecule has 3 heteroatoms. The van der Waals surface area contributed by atoms with Crippen LogP contribution in [0, 0.1) is 11.8 Å². The van der Waals surface area contributed by atoms with Gasteiger partial charge in [0.15, 0.2) is 0 Å². The summed E-state index contributed by atoms with van der Waals surface area (Å²) in [5, 5.41) is 0. The average molecular weight is 183 g/mol. The van der Waals surface area contributed by atoms with E-state index in [1.165, 1.54) is 19.3 Å². The molecule has 13 heavy (non-hydrogen) atoms. The highest BCUT2D eigenvalue weighted by Gasteiger charge is 2.06. The van der Waals surface area contributed by atoms with Gasteiger partial charge >= 0.3 is 0 Å². The molecule has 0 saturated carbocycles. The summed E-state index contributed by atoms with van der Waals surface area (Å²) >= 11 is 0. The van der Waals surface area contributed by atoms with Crippen LogP contribution in [0.1, 0.15) is 32.1 Å². The Morgan fingerprint density at radius 1 is 1.31 bits per heavy atom. The Balaban J connectivity index is 2.20. The van der Waals surface area contributed by atoms with Crippen LogP contribution >= 0.6 is 0 Å². The van der Waals surface area contributed by atoms with Gasteiger partial charge in [-0.15, -0.1) is 5.92 Å². The van der Waals surface area contributed by atoms with Crippen molar-refractivity contribution < 1.29 is 9.47 Å². The summed E-state index contributed by atoms with van der Waals surface area (Å²) in [6.45, 7) is 0.468. The molecule has 1 unspecified atom stereocenters. The van der Waals surface area contributed by atoms with Gasteiger partial charge in [-0.2, -0.15) is 0 Å². The van der Waals surface area contributed by atoms with E-state index in [2.05, 4.69) is 11.8 Å². The molecule has 3 nitrogen and oxygen atoms in total. The maximum atomic E-state index is 5.38. The zero-order valence-corrected chi connectivity index (χ0v) is 7.92. The number of nitrogens with two attached hydrogens (primary N) is 1. The van der Waals surface area contributed by atoms with Crippen molar-refractivity contribution in [2.75, 3.05) is 13.5 Å². The first kappa shape index (κ1) is 10.5. The van der Waals surface area contributed by atoms with Crippen LogP contribution in [0.2, 0.25) is 0 Å². The molecular formula is C10H17NO2. The summed E-state index contributed by atoms with van der Waals surface area (Å²) in [6.07, 6.45) is 5.73. The highest BCUT2D eigenvalue weighted by Crippen LogP contribution is 2.10. The summed E-state index contributed by atoms with van der Waals surface area (Å²) in [6, 6.07) is 0. The Labute approximate surface area is 79.6 Å². The topological polar surface area (TPSA) is 44.5 Å². The van der Waals surface area contributed by atoms with Crippen LogP contribution in [0.3, 0.4) is 0 Å². The number of hydrogen-bond donors (Lipinski definition) is 1. The third-order valence-electron chi connectivity index (χ3n) is 2.00. The van der Waals surface area contributed by atoms with Gasteiger partial charge in [0.2, 0.25) is 0 Å². The van der Waals surface area contributed by atoms with Crippen LogP contribution in [-0.4, -0.2) is 19.6 Å². The second-order valence-corrected chi connectivity index (χ2v) is 3.06. The first-order valence-electron chi connectivity index (χ1n) is 4.81. The first-order valence-corrected chi connectivity index (χ1v) is 4.81. The molecule has 1 aliphatic rings. The third-order valence-corrected chi connectivity index (χ3v) is 2.00. The van der Waals surface area contributed by atoms with Gasteiger partial charge in [0.05, 0.1) is 6.73 Å². The van der Waals surface area contributed by atoms with E-state index in [1.807, 2.05) is 0 Å². The standard InChI is InChI=1S/C10H17NO2/c11-8-12-9-13-10-6-4-2-1-3-5-7-10/h10H,1-4,6,8-9,11H2. The maximum Gasteiger partial charge on any atom is 0.150 e. The Bertz CT molecular complexity index is 183. The lowest BCUT2D eigenvalue weighted by Crippen LogP contribution is -2.16. The molecule has 0 aromatic rings. The fraction of sp³-hybridized carbons (Fsp3) is 0.800. The fourth-order valence-corrected chi connectivity index (χ4v) is 1.28. The Morgan fingerprint density at radius 2 is 2.23 bits per heavy atom. The van der Waals surface area contributed by atoms with Gasteiger partial charge in [-0.25, -0.2) is 0 Å². The van der Waals surface area contributed by atoms with E-state index in [4.69, 9.17) is 15.2 Å². The van der Waals surface area contributed by atoms with Gasteiger partial charge in [-0.05, 0) is 19.3 Å². The summed E-state index contributed by atoms with van der Waals surface area (Å²) in [4.78, 5) is 0. The van der Waals surface area contributed by atoms with Crippen molar-refractivity contribution in [1.82, 2.24) is 0 Å². The van der Waals surface area contributed by atoms with Crippen LogP contribution in [-0.2, 0) is 9.47 Å². The van der Waals surface area contributed by atoms with E-state index in [0.717, 1.165) is 12.8 Å². The lowest BCUT2D eigenvalue weighted by Gasteiger charge is -2.13. The van der Waals surface area contributed by atoms with Crippen molar-refractivity contribution >= 4 is 0 Å². The molecule has 0 aromatic heterocycles. The highest BCUT2D eigenvalue weighted by atomic mass is 16.7. The molecule has 0 fully saturated rings. The SMILES string of the molecule is NCOCOC1C#CCCCCC1. The average Bonchev–Trinajstić information content (AvgIpc) is 2.08. The van der Waals surface area contributed by atoms with Gasteiger partial charge in [-0.1, -0.05) is 12.3 Å². The van der Waals surface area contributed by atoms with Crippen LogP contribution in [0.5, 0.6) is 0 Å². The largest absolute Gasteiger partial charge is 0.340 e. The molecule has 2 N–H and O–H groups in total. The van der Waals surface area contributed by atoms with Crippen LogP contribution in [0.4, 0.5) is 0 Å². The lowest BCUT2D eigenvalue weighted by molar-refractivity contribution is -0.0731. The number of ether oxygens (including phenoxy) is 2. The first-order chi connectivity index (χ1) is 6.43. The quantitative estimate of drug-likeness (QED) is 0.405. The normalized spacial score (nSPS) is 22.7. The Hall–Kier alpha value is -0.560. The maximum absolute atomic E-state index is 5.38. The predicted octanol–water partition coefficient (Wildman–Crippen LogP) is 1.23. The van der Waals surface area contributed by atoms with Crippen molar-refractivity contribution in [2.45, 2.75) is 38.2 Å². The molecule has 1 aliphatic carbocycles. The third kappa shape index (κ3) is 4.89. The smallest absolute Gasteiger partial charge is 0.150 e. The molecule has 0 aliphatic heterocycles. The minimum Gasteiger partial charge on any atom is -0.340 e. The van der Waals surface area contributed by atoms with Gasteiger partial charge in [0.25, 0.3) is 0 Å². The predicted molar refractivity (Wildman–Crippen MR) is 50.7 cm³/mol. The minimum absolute atomic E-state index is 0.0480. The molecule has 0 saturated heterocycles. The molecular weight excluding hydrogens is 166 g/mol. The van der Waals surface area contributed by atoms with Gasteiger partial charge in [0, 0.05) is 6.42 Å². The Kier molecular flexibility index (Phi) is 5.59. The lowest BCUT2D eigenvalue weighted by atomic mass is 10.1. The molecule has 0 amide bonds. The fourth-order valence-electron chi connectivity index (χ4n) is 1.28. The van der Waals surface area contributed by atoms with E-state index >= 15 is 0 Å². The van der Waals surface area contributed by atoms with Crippen molar-refractivity contribution in [2.24, 2.45) is 5.73 Å². The molecule has 0 bridgehead atoms. The number of rotatable bonds is 4. The summed E-state index contributed by atoms with van der Waals surface area (Å²) < 4.78 is 10.3. The van der Waals surface area contributed by atoms with E-state index in [9.17, 15) is 0 Å². The van der Waals surface area contributed by atoms with E-state index in [0.29, 0.717) is 0 Å². The summed E-state index contributed by atoms with van der Waals surface area (Å²) in [5.41, 5.74) is 5.16. The molecule has 1 rings (SSSR count). The van der Waals surface area contributed by atoms with E-state index < -0.39 is 0 Å². The van der Waals surface area contributed by atoms with E-state index in [1.54, 1.807) is 0 Å². The highest BCUT2D eigenvalue weighted by molar-refractivity contribution is 5.05. The summed E-state index contributed by atoms with van der Waals surface area (Å²) in [5.74, 6) is 6.19. The van der Waals surface area contributed by atoms with Gasteiger partial charge < -0.3 is 15.2 Å². The Morgan fingerprint density at radius 3 is 3.08 bits per heavy atom. The zero-order valence-electron chi connectivity index (χ0n) is 7.92. The molecule has 1 atom stereocenters.